The molecule has 2 heterocycles. The summed E-state index contributed by atoms with van der Waals surface area (Å²) in [5.41, 5.74) is -0.964. The highest BCUT2D eigenvalue weighted by molar-refractivity contribution is 6.30. The van der Waals surface area contributed by atoms with E-state index < -0.39 is 34.9 Å². The maximum Gasteiger partial charge on any atom is 0.313 e. The maximum atomic E-state index is 15.6. The van der Waals surface area contributed by atoms with E-state index in [1.165, 1.54) is 18.1 Å². The first-order valence-corrected chi connectivity index (χ1v) is 12.8. The highest BCUT2D eigenvalue weighted by Gasteiger charge is 2.44. The first-order chi connectivity index (χ1) is 17.4. The third-order valence-electron chi connectivity index (χ3n) is 7.93. The minimum absolute atomic E-state index is 0.0119. The van der Waals surface area contributed by atoms with Crippen molar-refractivity contribution in [3.63, 3.8) is 0 Å². The molecular weight excluding hydrogens is 501 g/mol. The topological polar surface area (TPSA) is 96.3 Å². The molecule has 2 atom stereocenters. The molecule has 0 radical (unpaired) electrons. The van der Waals surface area contributed by atoms with Crippen LogP contribution in [-0.4, -0.2) is 47.3 Å². The number of amides is 1. The molecule has 0 aromatic heterocycles. The van der Waals surface area contributed by atoms with E-state index in [1.54, 1.807) is 38.1 Å². The van der Waals surface area contributed by atoms with Crippen LogP contribution in [0.3, 0.4) is 0 Å². The number of methoxy groups -OCH3 is 1. The fourth-order valence-corrected chi connectivity index (χ4v) is 5.76. The molecule has 37 heavy (non-hydrogen) atoms. The second kappa shape index (κ2) is 10.3. The van der Waals surface area contributed by atoms with E-state index in [-0.39, 0.29) is 23.6 Å². The van der Waals surface area contributed by atoms with E-state index in [1.807, 2.05) is 6.92 Å². The summed E-state index contributed by atoms with van der Waals surface area (Å²) in [6.45, 7) is 6.00. The minimum atomic E-state index is -1.30. The number of carboxylic acids is 1. The molecular formula is C28H33ClFNO6. The number of ether oxygens (including phenoxy) is 2. The van der Waals surface area contributed by atoms with Crippen LogP contribution < -0.4 is 0 Å². The van der Waals surface area contributed by atoms with Crippen LogP contribution in [-0.2, 0) is 31.8 Å². The van der Waals surface area contributed by atoms with Crippen molar-refractivity contribution in [3.8, 4) is 0 Å². The van der Waals surface area contributed by atoms with Gasteiger partial charge in [0.25, 0.3) is 5.91 Å². The van der Waals surface area contributed by atoms with Crippen molar-refractivity contribution in [2.75, 3.05) is 20.3 Å². The summed E-state index contributed by atoms with van der Waals surface area (Å²) in [6.07, 6.45) is 0.635. The number of hydrogen-bond donors (Lipinski definition) is 2. The summed E-state index contributed by atoms with van der Waals surface area (Å²) in [7, 11) is 1.39. The number of rotatable bonds is 8. The predicted octanol–water partition coefficient (Wildman–Crippen LogP) is 5.17. The summed E-state index contributed by atoms with van der Waals surface area (Å²) in [5, 5.41) is 21.8. The molecule has 0 bridgehead atoms. The summed E-state index contributed by atoms with van der Waals surface area (Å²) in [5.74, 6) is -2.25. The standard InChI is InChI=1S/C28H33ClFNO6/c1-5-28(35,17-8-10-37-11-9-17)18-12-20-23(22(30)13-18)25(36-4)31(24(20)32)15-16-6-7-19(29)14-21(16)27(2,3)26(33)34/h6-7,12-14,17,25,35H,5,8-11,15H2,1-4H3,(H,33,34)/t25?,28-/m0/s1. The molecule has 0 spiro atoms. The van der Waals surface area contributed by atoms with Gasteiger partial charge in [-0.1, -0.05) is 24.6 Å². The van der Waals surface area contributed by atoms with Gasteiger partial charge in [0.1, 0.15) is 5.82 Å². The van der Waals surface area contributed by atoms with Crippen LogP contribution in [0, 0.1) is 11.7 Å². The summed E-state index contributed by atoms with van der Waals surface area (Å²) in [4.78, 5) is 27.0. The largest absolute Gasteiger partial charge is 0.481 e. The number of fused-ring (bicyclic) bond motifs is 1. The molecule has 2 aromatic carbocycles. The molecule has 4 rings (SSSR count). The maximum absolute atomic E-state index is 15.6. The molecule has 1 saturated heterocycles. The smallest absolute Gasteiger partial charge is 0.313 e. The van der Waals surface area contributed by atoms with Gasteiger partial charge in [0.15, 0.2) is 6.23 Å². The number of benzene rings is 2. The van der Waals surface area contributed by atoms with Gasteiger partial charge in [-0.05, 0) is 80.0 Å². The van der Waals surface area contributed by atoms with Crippen molar-refractivity contribution in [3.05, 3.63) is 69.0 Å². The van der Waals surface area contributed by atoms with Gasteiger partial charge in [0.2, 0.25) is 0 Å². The van der Waals surface area contributed by atoms with Crippen LogP contribution in [0.15, 0.2) is 30.3 Å². The lowest BCUT2D eigenvalue weighted by atomic mass is 9.75. The van der Waals surface area contributed by atoms with E-state index >= 15 is 4.39 Å². The second-order valence-electron chi connectivity index (χ2n) is 10.3. The van der Waals surface area contributed by atoms with Crippen molar-refractivity contribution in [2.24, 2.45) is 5.92 Å². The van der Waals surface area contributed by atoms with E-state index in [0.717, 1.165) is 0 Å². The first-order valence-electron chi connectivity index (χ1n) is 12.5. The molecule has 1 unspecified atom stereocenters. The zero-order chi connectivity index (χ0) is 27.1. The Labute approximate surface area is 221 Å². The lowest BCUT2D eigenvalue weighted by molar-refractivity contribution is -0.142. The Bertz CT molecular complexity index is 1210. The summed E-state index contributed by atoms with van der Waals surface area (Å²) < 4.78 is 26.7. The molecule has 200 valence electrons. The molecule has 0 aliphatic carbocycles. The first kappa shape index (κ1) is 27.5. The Morgan fingerprint density at radius 3 is 2.51 bits per heavy atom. The van der Waals surface area contributed by atoms with Crippen LogP contribution >= 0.6 is 11.6 Å². The second-order valence-corrected chi connectivity index (χ2v) is 10.8. The number of nitrogens with zero attached hydrogens (tertiary/aromatic N) is 1. The van der Waals surface area contributed by atoms with Gasteiger partial charge in [-0.3, -0.25) is 9.59 Å². The Morgan fingerprint density at radius 1 is 1.24 bits per heavy atom. The van der Waals surface area contributed by atoms with E-state index in [9.17, 15) is 19.8 Å². The molecule has 2 aliphatic rings. The van der Waals surface area contributed by atoms with Crippen molar-refractivity contribution in [2.45, 2.75) is 63.8 Å². The lowest BCUT2D eigenvalue weighted by Gasteiger charge is -2.38. The van der Waals surface area contributed by atoms with Crippen molar-refractivity contribution >= 4 is 23.5 Å². The number of aliphatic carboxylic acids is 1. The fourth-order valence-electron chi connectivity index (χ4n) is 5.58. The number of carboxylic acid groups (broad SMARTS) is 1. The number of hydrogen-bond acceptors (Lipinski definition) is 5. The molecule has 2 aliphatic heterocycles. The van der Waals surface area contributed by atoms with Crippen molar-refractivity contribution < 1.29 is 33.7 Å². The predicted molar refractivity (Wildman–Crippen MR) is 136 cm³/mol. The average Bonchev–Trinajstić information content (AvgIpc) is 3.15. The highest BCUT2D eigenvalue weighted by Crippen LogP contribution is 2.44. The van der Waals surface area contributed by atoms with E-state index in [4.69, 9.17) is 21.1 Å². The van der Waals surface area contributed by atoms with Gasteiger partial charge < -0.3 is 24.6 Å². The van der Waals surface area contributed by atoms with Crippen LogP contribution in [0.4, 0.5) is 4.39 Å². The van der Waals surface area contributed by atoms with Gasteiger partial charge in [-0.2, -0.15) is 0 Å². The summed E-state index contributed by atoms with van der Waals surface area (Å²) in [6, 6.07) is 7.77. The van der Waals surface area contributed by atoms with Gasteiger partial charge in [0, 0.05) is 37.5 Å². The third-order valence-corrected chi connectivity index (χ3v) is 8.17. The van der Waals surface area contributed by atoms with Gasteiger partial charge in [0.05, 0.1) is 16.6 Å². The Morgan fingerprint density at radius 2 is 1.92 bits per heavy atom. The van der Waals surface area contributed by atoms with Gasteiger partial charge >= 0.3 is 5.97 Å². The van der Waals surface area contributed by atoms with Gasteiger partial charge in [-0.25, -0.2) is 4.39 Å². The molecule has 1 fully saturated rings. The quantitative estimate of drug-likeness (QED) is 0.486. The number of carbonyl (C=O) groups is 2. The third kappa shape index (κ3) is 4.76. The lowest BCUT2D eigenvalue weighted by Crippen LogP contribution is -2.38. The van der Waals surface area contributed by atoms with Crippen LogP contribution in [0.5, 0.6) is 0 Å². The normalized spacial score (nSPS) is 20.1. The molecule has 7 nitrogen and oxygen atoms in total. The van der Waals surface area contributed by atoms with E-state index in [0.29, 0.717) is 54.2 Å². The Hall–Kier alpha value is -2.52. The van der Waals surface area contributed by atoms with Crippen LogP contribution in [0.2, 0.25) is 5.02 Å². The molecule has 0 saturated carbocycles. The Balaban J connectivity index is 1.75. The molecule has 2 aromatic rings. The number of aliphatic hydroxyl groups is 1. The molecule has 2 N–H and O–H groups in total. The number of halogens is 2. The zero-order valence-electron chi connectivity index (χ0n) is 21.5. The van der Waals surface area contributed by atoms with Crippen LogP contribution in [0.25, 0.3) is 0 Å². The van der Waals surface area contributed by atoms with Crippen molar-refractivity contribution in [1.29, 1.82) is 0 Å². The summed E-state index contributed by atoms with van der Waals surface area (Å²) >= 11 is 6.18. The molecule has 1 amide bonds. The zero-order valence-corrected chi connectivity index (χ0v) is 22.3. The molecule has 9 heteroatoms. The van der Waals surface area contributed by atoms with Crippen LogP contribution in [0.1, 0.15) is 78.9 Å². The average molecular weight is 534 g/mol. The minimum Gasteiger partial charge on any atom is -0.481 e. The number of carbonyl (C=O) groups excluding carboxylic acids is 1. The Kier molecular flexibility index (Phi) is 7.68. The van der Waals surface area contributed by atoms with Gasteiger partial charge in [-0.15, -0.1) is 0 Å². The monoisotopic (exact) mass is 533 g/mol. The fraction of sp³-hybridized carbons (Fsp3) is 0.500. The SMILES string of the molecule is CC[C@@](O)(c1cc(F)c2c(c1)C(=O)N(Cc1ccc(Cl)cc1C(C)(C)C(=O)O)C2OC)C1CCOCC1. The van der Waals surface area contributed by atoms with Crippen molar-refractivity contribution in [1.82, 2.24) is 4.90 Å². The highest BCUT2D eigenvalue weighted by atomic mass is 35.5. The van der Waals surface area contributed by atoms with E-state index in [2.05, 4.69) is 0 Å².